The lowest BCUT2D eigenvalue weighted by molar-refractivity contribution is -0.117. The van der Waals surface area contributed by atoms with Crippen LogP contribution in [0.3, 0.4) is 0 Å². The number of carbonyl (C=O) groups is 1. The molecule has 4 aromatic rings. The van der Waals surface area contributed by atoms with Crippen LogP contribution in [0.25, 0.3) is 5.52 Å². The third-order valence-corrected chi connectivity index (χ3v) is 7.33. The van der Waals surface area contributed by atoms with Gasteiger partial charge in [-0.2, -0.15) is 0 Å². The molecule has 0 bridgehead atoms. The molecule has 2 aliphatic rings. The van der Waals surface area contributed by atoms with Gasteiger partial charge in [0.15, 0.2) is 0 Å². The Labute approximate surface area is 210 Å². The van der Waals surface area contributed by atoms with Crippen LogP contribution in [0.5, 0.6) is 5.75 Å². The molecule has 0 spiro atoms. The van der Waals surface area contributed by atoms with E-state index < -0.39 is 0 Å². The monoisotopic (exact) mass is 482 g/mol. The number of hydrogen-bond acceptors (Lipinski definition) is 6. The third-order valence-electron chi connectivity index (χ3n) is 7.33. The van der Waals surface area contributed by atoms with E-state index in [-0.39, 0.29) is 11.8 Å². The fraction of sp³-hybridized carbons (Fsp3) is 0.321. The topological polar surface area (TPSA) is 83.8 Å². The number of methoxy groups -OCH3 is 1. The number of benzene rings is 2. The predicted molar refractivity (Wildman–Crippen MR) is 140 cm³/mol. The van der Waals surface area contributed by atoms with Crippen molar-refractivity contribution in [2.75, 3.05) is 37.0 Å². The number of hydrogen-bond donors (Lipinski definition) is 2. The van der Waals surface area contributed by atoms with Crippen LogP contribution in [0.2, 0.25) is 0 Å². The second-order valence-corrected chi connectivity index (χ2v) is 9.54. The van der Waals surface area contributed by atoms with E-state index in [1.54, 1.807) is 17.8 Å². The van der Waals surface area contributed by atoms with Crippen molar-refractivity contribution in [3.05, 3.63) is 78.0 Å². The van der Waals surface area contributed by atoms with Crippen LogP contribution in [0, 0.1) is 0 Å². The molecule has 2 aromatic heterocycles. The first-order chi connectivity index (χ1) is 17.7. The minimum Gasteiger partial charge on any atom is -0.495 e. The third kappa shape index (κ3) is 4.28. The molecule has 0 aliphatic carbocycles. The first-order valence-electron chi connectivity index (χ1n) is 12.6. The molecule has 0 saturated carbocycles. The molecule has 1 amide bonds. The van der Waals surface area contributed by atoms with Crippen LogP contribution in [0.4, 0.5) is 17.5 Å². The van der Waals surface area contributed by atoms with Crippen molar-refractivity contribution in [2.24, 2.45) is 0 Å². The molecule has 2 fully saturated rings. The molecule has 2 aliphatic heterocycles. The first-order valence-corrected chi connectivity index (χ1v) is 12.6. The Morgan fingerprint density at radius 3 is 2.64 bits per heavy atom. The van der Waals surface area contributed by atoms with E-state index in [0.29, 0.717) is 24.8 Å². The highest BCUT2D eigenvalue weighted by molar-refractivity contribution is 5.96. The molecule has 6 rings (SSSR count). The van der Waals surface area contributed by atoms with Gasteiger partial charge in [0, 0.05) is 18.9 Å². The van der Waals surface area contributed by atoms with Crippen molar-refractivity contribution in [1.82, 2.24) is 19.9 Å². The number of carbonyl (C=O) groups excluding carboxylic acids is 1. The van der Waals surface area contributed by atoms with Crippen molar-refractivity contribution >= 4 is 28.9 Å². The largest absolute Gasteiger partial charge is 0.495 e. The van der Waals surface area contributed by atoms with Crippen LogP contribution in [0.15, 0.2) is 66.9 Å². The van der Waals surface area contributed by atoms with Crippen LogP contribution in [-0.4, -0.2) is 47.2 Å². The van der Waals surface area contributed by atoms with Crippen LogP contribution in [-0.2, 0) is 4.79 Å². The summed E-state index contributed by atoms with van der Waals surface area (Å²) < 4.78 is 7.49. The van der Waals surface area contributed by atoms with Gasteiger partial charge in [0.1, 0.15) is 11.6 Å². The predicted octanol–water partition coefficient (Wildman–Crippen LogP) is 4.47. The molecule has 4 heterocycles. The lowest BCUT2D eigenvalue weighted by Gasteiger charge is -2.24. The summed E-state index contributed by atoms with van der Waals surface area (Å²) in [6.07, 6.45) is 4.52. The molecular formula is C28H30N6O2. The summed E-state index contributed by atoms with van der Waals surface area (Å²) in [6.45, 7) is 2.73. The normalized spacial score (nSPS) is 18.6. The number of nitrogens with zero attached hydrogens (tertiary/aromatic N) is 4. The quantitative estimate of drug-likeness (QED) is 0.422. The number of anilines is 3. The van der Waals surface area contributed by atoms with E-state index in [0.717, 1.165) is 48.7 Å². The summed E-state index contributed by atoms with van der Waals surface area (Å²) >= 11 is 0. The number of rotatable bonds is 6. The van der Waals surface area contributed by atoms with Gasteiger partial charge in [0.05, 0.1) is 24.5 Å². The molecule has 184 valence electrons. The van der Waals surface area contributed by atoms with E-state index >= 15 is 0 Å². The number of ether oxygens (including phenoxy) is 1. The smallest absolute Gasteiger partial charge is 0.245 e. The van der Waals surface area contributed by atoms with Crippen LogP contribution < -0.4 is 20.3 Å². The van der Waals surface area contributed by atoms with E-state index in [2.05, 4.69) is 39.9 Å². The standard InChI is InChI=1S/C28H30N6O2/c1-36-25-15-21(20-11-13-29-14-12-20)7-9-24(25)31-28-30-17-23-8-10-26(34(23)32-28)33-18-22(16-27(33)35)19-5-3-2-4-6-19/h2-10,15,17,20,22,29H,11-14,16,18H2,1H3,(H,31,32). The van der Waals surface area contributed by atoms with E-state index in [4.69, 9.17) is 9.84 Å². The van der Waals surface area contributed by atoms with Gasteiger partial charge in [-0.05, 0) is 67.2 Å². The number of fused-ring (bicyclic) bond motifs is 1. The number of nitrogens with one attached hydrogen (secondary N) is 2. The Hall–Kier alpha value is -3.91. The van der Waals surface area contributed by atoms with Gasteiger partial charge in [-0.15, -0.1) is 5.10 Å². The Kier molecular flexibility index (Phi) is 6.03. The average molecular weight is 483 g/mol. The van der Waals surface area contributed by atoms with Gasteiger partial charge < -0.3 is 15.4 Å². The molecule has 8 nitrogen and oxygen atoms in total. The van der Waals surface area contributed by atoms with Crippen molar-refractivity contribution in [1.29, 1.82) is 0 Å². The number of amides is 1. The molecular weight excluding hydrogens is 452 g/mol. The van der Waals surface area contributed by atoms with Gasteiger partial charge in [-0.3, -0.25) is 9.69 Å². The summed E-state index contributed by atoms with van der Waals surface area (Å²) in [4.78, 5) is 19.3. The second-order valence-electron chi connectivity index (χ2n) is 9.54. The summed E-state index contributed by atoms with van der Waals surface area (Å²) in [5.41, 5.74) is 4.12. The van der Waals surface area contributed by atoms with Crippen molar-refractivity contribution in [3.8, 4) is 5.75 Å². The molecule has 8 heteroatoms. The number of aromatic nitrogens is 3. The highest BCUT2D eigenvalue weighted by atomic mass is 16.5. The van der Waals surface area contributed by atoms with Crippen LogP contribution >= 0.6 is 0 Å². The second kappa shape index (κ2) is 9.62. The Balaban J connectivity index is 1.25. The van der Waals surface area contributed by atoms with Gasteiger partial charge >= 0.3 is 0 Å². The Morgan fingerprint density at radius 1 is 1.00 bits per heavy atom. The van der Waals surface area contributed by atoms with Gasteiger partial charge in [-0.25, -0.2) is 9.50 Å². The molecule has 2 aromatic carbocycles. The zero-order chi connectivity index (χ0) is 24.5. The van der Waals surface area contributed by atoms with Crippen molar-refractivity contribution in [2.45, 2.75) is 31.1 Å². The van der Waals surface area contributed by atoms with Gasteiger partial charge in [0.2, 0.25) is 11.9 Å². The summed E-state index contributed by atoms with van der Waals surface area (Å²) in [5, 5.41) is 11.5. The van der Waals surface area contributed by atoms with Gasteiger partial charge in [0.25, 0.3) is 0 Å². The van der Waals surface area contributed by atoms with Crippen molar-refractivity contribution in [3.63, 3.8) is 0 Å². The molecule has 1 atom stereocenters. The first kappa shape index (κ1) is 22.5. The molecule has 2 N–H and O–H groups in total. The van der Waals surface area contributed by atoms with Crippen LogP contribution in [0.1, 0.15) is 42.2 Å². The minimum absolute atomic E-state index is 0.104. The maximum atomic E-state index is 13.0. The summed E-state index contributed by atoms with van der Waals surface area (Å²) in [7, 11) is 1.68. The van der Waals surface area contributed by atoms with Crippen molar-refractivity contribution < 1.29 is 9.53 Å². The Bertz CT molecular complexity index is 1380. The fourth-order valence-corrected chi connectivity index (χ4v) is 5.37. The highest BCUT2D eigenvalue weighted by Gasteiger charge is 2.33. The van der Waals surface area contributed by atoms with E-state index in [1.807, 2.05) is 41.3 Å². The summed E-state index contributed by atoms with van der Waals surface area (Å²) in [5.74, 6) is 2.79. The fourth-order valence-electron chi connectivity index (χ4n) is 5.37. The minimum atomic E-state index is 0.104. The maximum absolute atomic E-state index is 13.0. The molecule has 2 saturated heterocycles. The number of piperidine rings is 1. The molecule has 1 unspecified atom stereocenters. The Morgan fingerprint density at radius 2 is 1.83 bits per heavy atom. The average Bonchev–Trinajstić information content (AvgIpc) is 3.52. The summed E-state index contributed by atoms with van der Waals surface area (Å²) in [6, 6.07) is 20.4. The molecule has 0 radical (unpaired) electrons. The lowest BCUT2D eigenvalue weighted by Crippen LogP contribution is -2.26. The van der Waals surface area contributed by atoms with E-state index in [9.17, 15) is 4.79 Å². The lowest BCUT2D eigenvalue weighted by atomic mass is 9.90. The zero-order valence-corrected chi connectivity index (χ0v) is 20.4. The van der Waals surface area contributed by atoms with Gasteiger partial charge in [-0.1, -0.05) is 36.4 Å². The van der Waals surface area contributed by atoms with E-state index in [1.165, 1.54) is 11.1 Å². The SMILES string of the molecule is COc1cc(C2CCNCC2)ccc1Nc1ncc2ccc(N3CC(c4ccccc4)CC3=O)n2n1. The molecule has 36 heavy (non-hydrogen) atoms. The zero-order valence-electron chi connectivity index (χ0n) is 20.4. The maximum Gasteiger partial charge on any atom is 0.245 e. The highest BCUT2D eigenvalue weighted by Crippen LogP contribution is 2.35.